The zero-order valence-corrected chi connectivity index (χ0v) is 6.90. The van der Waals surface area contributed by atoms with Crippen LogP contribution in [0.4, 0.5) is 11.5 Å². The van der Waals surface area contributed by atoms with Crippen molar-refractivity contribution in [2.45, 2.75) is 0 Å². The number of nitrogen functional groups attached to an aromatic ring is 2. The first-order valence-corrected chi connectivity index (χ1v) is 3.84. The SMILES string of the molecule is Nc1ccc(-c2cc(N)no2)cc1. The molecule has 1 aromatic carbocycles. The maximum atomic E-state index is 5.54. The molecule has 1 aromatic heterocycles. The summed E-state index contributed by atoms with van der Waals surface area (Å²) in [6.45, 7) is 0. The standard InChI is InChI=1S/C9H9N3O/c10-7-3-1-6(2-4-7)8-5-9(11)12-13-8/h1-5H,10H2,(H2,11,12). The molecule has 2 rings (SSSR count). The van der Waals surface area contributed by atoms with E-state index in [-0.39, 0.29) is 0 Å². The van der Waals surface area contributed by atoms with Crippen molar-refractivity contribution >= 4 is 11.5 Å². The minimum Gasteiger partial charge on any atom is -0.399 e. The van der Waals surface area contributed by atoms with E-state index in [0.717, 1.165) is 11.3 Å². The van der Waals surface area contributed by atoms with Gasteiger partial charge in [0.05, 0.1) is 0 Å². The van der Waals surface area contributed by atoms with Gasteiger partial charge in [-0.1, -0.05) is 5.16 Å². The maximum absolute atomic E-state index is 5.54. The van der Waals surface area contributed by atoms with Crippen LogP contribution in [-0.4, -0.2) is 5.16 Å². The first kappa shape index (κ1) is 7.67. The number of aromatic nitrogens is 1. The van der Waals surface area contributed by atoms with Crippen LogP contribution in [0.25, 0.3) is 11.3 Å². The molecule has 0 aliphatic rings. The molecule has 1 heterocycles. The van der Waals surface area contributed by atoms with Crippen molar-refractivity contribution in [3.05, 3.63) is 30.3 Å². The zero-order valence-electron chi connectivity index (χ0n) is 6.90. The smallest absolute Gasteiger partial charge is 0.169 e. The molecule has 66 valence electrons. The lowest BCUT2D eigenvalue weighted by Gasteiger charge is -1.94. The Morgan fingerprint density at radius 1 is 1.08 bits per heavy atom. The fourth-order valence-electron chi connectivity index (χ4n) is 1.07. The van der Waals surface area contributed by atoms with Crippen molar-refractivity contribution in [1.29, 1.82) is 0 Å². The second-order valence-corrected chi connectivity index (χ2v) is 2.74. The van der Waals surface area contributed by atoms with Crippen molar-refractivity contribution in [2.75, 3.05) is 11.5 Å². The lowest BCUT2D eigenvalue weighted by Crippen LogP contribution is -1.82. The number of nitrogens with zero attached hydrogens (tertiary/aromatic N) is 1. The third-order valence-electron chi connectivity index (χ3n) is 1.72. The Morgan fingerprint density at radius 2 is 1.77 bits per heavy atom. The molecule has 0 amide bonds. The van der Waals surface area contributed by atoms with Crippen LogP contribution in [0.5, 0.6) is 0 Å². The normalized spacial score (nSPS) is 10.2. The van der Waals surface area contributed by atoms with E-state index in [0.29, 0.717) is 11.6 Å². The molecule has 0 aliphatic heterocycles. The molecule has 4 N–H and O–H groups in total. The molecule has 0 spiro atoms. The molecule has 0 unspecified atom stereocenters. The number of benzene rings is 1. The minimum absolute atomic E-state index is 0.381. The van der Waals surface area contributed by atoms with Crippen LogP contribution >= 0.6 is 0 Å². The lowest BCUT2D eigenvalue weighted by atomic mass is 10.1. The monoisotopic (exact) mass is 175 g/mol. The lowest BCUT2D eigenvalue weighted by molar-refractivity contribution is 0.436. The molecule has 0 atom stereocenters. The summed E-state index contributed by atoms with van der Waals surface area (Å²) in [5.74, 6) is 1.03. The Balaban J connectivity index is 2.41. The summed E-state index contributed by atoms with van der Waals surface area (Å²) in [5, 5.41) is 3.59. The predicted molar refractivity (Wildman–Crippen MR) is 50.8 cm³/mol. The molecular weight excluding hydrogens is 166 g/mol. The molecule has 13 heavy (non-hydrogen) atoms. The summed E-state index contributed by atoms with van der Waals surface area (Å²) in [6.07, 6.45) is 0. The van der Waals surface area contributed by atoms with Crippen LogP contribution in [0, 0.1) is 0 Å². The highest BCUT2D eigenvalue weighted by atomic mass is 16.5. The van der Waals surface area contributed by atoms with E-state index in [4.69, 9.17) is 16.0 Å². The van der Waals surface area contributed by atoms with Crippen molar-refractivity contribution in [3.8, 4) is 11.3 Å². The summed E-state index contributed by atoms with van der Waals surface area (Å²) in [7, 11) is 0. The van der Waals surface area contributed by atoms with Crippen molar-refractivity contribution < 1.29 is 4.52 Å². The molecule has 0 bridgehead atoms. The Bertz CT molecular complexity index is 405. The van der Waals surface area contributed by atoms with Crippen LogP contribution < -0.4 is 11.5 Å². The minimum atomic E-state index is 0.381. The highest BCUT2D eigenvalue weighted by molar-refractivity contribution is 5.62. The third-order valence-corrected chi connectivity index (χ3v) is 1.72. The van der Waals surface area contributed by atoms with Crippen LogP contribution in [0.2, 0.25) is 0 Å². The van der Waals surface area contributed by atoms with Gasteiger partial charge in [-0.2, -0.15) is 0 Å². The van der Waals surface area contributed by atoms with E-state index in [2.05, 4.69) is 5.16 Å². The van der Waals surface area contributed by atoms with Gasteiger partial charge in [-0.15, -0.1) is 0 Å². The largest absolute Gasteiger partial charge is 0.399 e. The molecule has 4 nitrogen and oxygen atoms in total. The van der Waals surface area contributed by atoms with E-state index >= 15 is 0 Å². The van der Waals surface area contributed by atoms with Crippen LogP contribution in [0.1, 0.15) is 0 Å². The fourth-order valence-corrected chi connectivity index (χ4v) is 1.07. The van der Waals surface area contributed by atoms with E-state index in [9.17, 15) is 0 Å². The number of rotatable bonds is 1. The highest BCUT2D eigenvalue weighted by Gasteiger charge is 2.03. The van der Waals surface area contributed by atoms with Crippen LogP contribution in [0.15, 0.2) is 34.9 Å². The highest BCUT2D eigenvalue weighted by Crippen LogP contribution is 2.21. The van der Waals surface area contributed by atoms with Gasteiger partial charge in [0.15, 0.2) is 11.6 Å². The first-order valence-electron chi connectivity index (χ1n) is 3.84. The number of anilines is 2. The second kappa shape index (κ2) is 2.82. The zero-order chi connectivity index (χ0) is 9.26. The van der Waals surface area contributed by atoms with E-state index in [1.54, 1.807) is 18.2 Å². The van der Waals surface area contributed by atoms with Gasteiger partial charge in [0.2, 0.25) is 0 Å². The van der Waals surface area contributed by atoms with Gasteiger partial charge in [0.1, 0.15) is 0 Å². The summed E-state index contributed by atoms with van der Waals surface area (Å²) in [4.78, 5) is 0. The van der Waals surface area contributed by atoms with Crippen LogP contribution in [-0.2, 0) is 0 Å². The van der Waals surface area contributed by atoms with Gasteiger partial charge in [-0.05, 0) is 24.3 Å². The molecule has 0 saturated heterocycles. The Kier molecular flexibility index (Phi) is 1.66. The van der Waals surface area contributed by atoms with E-state index < -0.39 is 0 Å². The van der Waals surface area contributed by atoms with Gasteiger partial charge >= 0.3 is 0 Å². The summed E-state index contributed by atoms with van der Waals surface area (Å²) < 4.78 is 4.97. The Morgan fingerprint density at radius 3 is 2.31 bits per heavy atom. The third kappa shape index (κ3) is 1.46. The van der Waals surface area contributed by atoms with Gasteiger partial charge in [-0.3, -0.25) is 0 Å². The number of nitrogens with two attached hydrogens (primary N) is 2. The molecular formula is C9H9N3O. The number of hydrogen-bond acceptors (Lipinski definition) is 4. The molecule has 0 saturated carbocycles. The van der Waals surface area contributed by atoms with Gasteiger partial charge < -0.3 is 16.0 Å². The molecule has 2 aromatic rings. The van der Waals surface area contributed by atoms with Gasteiger partial charge in [-0.25, -0.2) is 0 Å². The van der Waals surface area contributed by atoms with E-state index in [1.165, 1.54) is 0 Å². The summed E-state index contributed by atoms with van der Waals surface area (Å²) in [6, 6.07) is 8.98. The number of hydrogen-bond donors (Lipinski definition) is 2. The second-order valence-electron chi connectivity index (χ2n) is 2.74. The first-order chi connectivity index (χ1) is 6.25. The molecule has 4 heteroatoms. The average molecular weight is 175 g/mol. The Labute approximate surface area is 75.1 Å². The van der Waals surface area contributed by atoms with Gasteiger partial charge in [0.25, 0.3) is 0 Å². The quantitative estimate of drug-likeness (QED) is 0.644. The van der Waals surface area contributed by atoms with E-state index in [1.807, 2.05) is 12.1 Å². The molecule has 0 aliphatic carbocycles. The van der Waals surface area contributed by atoms with Crippen molar-refractivity contribution in [3.63, 3.8) is 0 Å². The predicted octanol–water partition coefficient (Wildman–Crippen LogP) is 1.51. The maximum Gasteiger partial charge on any atom is 0.169 e. The van der Waals surface area contributed by atoms with Crippen LogP contribution in [0.3, 0.4) is 0 Å². The molecule has 0 radical (unpaired) electrons. The summed E-state index contributed by atoms with van der Waals surface area (Å²) in [5.41, 5.74) is 12.6. The Hall–Kier alpha value is -1.97. The van der Waals surface area contributed by atoms with Crippen molar-refractivity contribution in [1.82, 2.24) is 5.16 Å². The molecule has 0 fully saturated rings. The topological polar surface area (TPSA) is 78.1 Å². The summed E-state index contributed by atoms with van der Waals surface area (Å²) >= 11 is 0. The van der Waals surface area contributed by atoms with Gasteiger partial charge in [0, 0.05) is 17.3 Å². The average Bonchev–Trinajstić information content (AvgIpc) is 2.53. The van der Waals surface area contributed by atoms with Crippen molar-refractivity contribution in [2.24, 2.45) is 0 Å². The fraction of sp³-hybridized carbons (Fsp3) is 0.